The number of pyridine rings is 1. The number of aryl methyl sites for hydroxylation is 1. The SMILES string of the molecule is Cc1cccc(N(C(=O)c2ccc(C#N)cc2)C(=O)c2ccc(C#N)cc2)n1. The summed E-state index contributed by atoms with van der Waals surface area (Å²) in [5, 5.41) is 17.9. The van der Waals surface area contributed by atoms with Crippen LogP contribution in [0.3, 0.4) is 0 Å². The number of aromatic nitrogens is 1. The average molecular weight is 366 g/mol. The monoisotopic (exact) mass is 366 g/mol. The summed E-state index contributed by atoms with van der Waals surface area (Å²) < 4.78 is 0. The lowest BCUT2D eigenvalue weighted by atomic mass is 10.1. The highest BCUT2D eigenvalue weighted by atomic mass is 16.2. The average Bonchev–Trinajstić information content (AvgIpc) is 2.74. The Morgan fingerprint density at radius 1 is 0.786 bits per heavy atom. The van der Waals surface area contributed by atoms with Crippen LogP contribution < -0.4 is 4.90 Å². The molecule has 0 aliphatic heterocycles. The van der Waals surface area contributed by atoms with Gasteiger partial charge in [0.2, 0.25) is 0 Å². The van der Waals surface area contributed by atoms with E-state index in [1.165, 1.54) is 48.5 Å². The Morgan fingerprint density at radius 2 is 1.25 bits per heavy atom. The summed E-state index contributed by atoms with van der Waals surface area (Å²) in [4.78, 5) is 31.6. The van der Waals surface area contributed by atoms with Crippen LogP contribution in [0.5, 0.6) is 0 Å². The minimum absolute atomic E-state index is 0.198. The van der Waals surface area contributed by atoms with E-state index in [1.807, 2.05) is 12.1 Å². The van der Waals surface area contributed by atoms with Crippen molar-refractivity contribution < 1.29 is 9.59 Å². The second-order valence-electron chi connectivity index (χ2n) is 5.96. The normalized spacial score (nSPS) is 9.82. The molecule has 134 valence electrons. The number of nitrogens with zero attached hydrogens (tertiary/aromatic N) is 4. The predicted octanol–water partition coefficient (Wildman–Crippen LogP) is 3.62. The van der Waals surface area contributed by atoms with E-state index in [4.69, 9.17) is 10.5 Å². The molecular weight excluding hydrogens is 352 g/mol. The Morgan fingerprint density at radius 3 is 1.64 bits per heavy atom. The van der Waals surface area contributed by atoms with Crippen molar-refractivity contribution in [2.24, 2.45) is 0 Å². The molecule has 28 heavy (non-hydrogen) atoms. The molecular formula is C22H14N4O2. The van der Waals surface area contributed by atoms with Crippen LogP contribution in [0.25, 0.3) is 0 Å². The van der Waals surface area contributed by atoms with E-state index in [2.05, 4.69) is 4.98 Å². The first-order valence-electron chi connectivity index (χ1n) is 8.36. The van der Waals surface area contributed by atoms with E-state index < -0.39 is 11.8 Å². The molecule has 6 nitrogen and oxygen atoms in total. The van der Waals surface area contributed by atoms with Gasteiger partial charge in [0.05, 0.1) is 23.3 Å². The number of hydrogen-bond donors (Lipinski definition) is 0. The van der Waals surface area contributed by atoms with Gasteiger partial charge in [-0.25, -0.2) is 9.88 Å². The van der Waals surface area contributed by atoms with Gasteiger partial charge in [-0.05, 0) is 67.6 Å². The topological polar surface area (TPSA) is 97.9 Å². The number of nitriles is 2. The van der Waals surface area contributed by atoms with Crippen LogP contribution >= 0.6 is 0 Å². The highest BCUT2D eigenvalue weighted by Crippen LogP contribution is 2.19. The lowest BCUT2D eigenvalue weighted by Gasteiger charge is -2.20. The molecule has 0 saturated heterocycles. The van der Waals surface area contributed by atoms with Crippen LogP contribution in [0.4, 0.5) is 5.82 Å². The molecule has 0 unspecified atom stereocenters. The van der Waals surface area contributed by atoms with Crippen molar-refractivity contribution in [2.45, 2.75) is 6.92 Å². The fraction of sp³-hybridized carbons (Fsp3) is 0.0455. The van der Waals surface area contributed by atoms with Crippen LogP contribution in [0.1, 0.15) is 37.5 Å². The Labute approximate surface area is 161 Å². The Bertz CT molecular complexity index is 1050. The third kappa shape index (κ3) is 3.77. The van der Waals surface area contributed by atoms with Crippen LogP contribution in [-0.4, -0.2) is 16.8 Å². The number of hydrogen-bond acceptors (Lipinski definition) is 5. The lowest BCUT2D eigenvalue weighted by molar-refractivity contribution is 0.0896. The van der Waals surface area contributed by atoms with Crippen molar-refractivity contribution in [1.29, 1.82) is 10.5 Å². The molecule has 0 aliphatic rings. The van der Waals surface area contributed by atoms with Crippen molar-refractivity contribution >= 4 is 17.6 Å². The molecule has 2 aromatic carbocycles. The number of amides is 2. The second-order valence-corrected chi connectivity index (χ2v) is 5.96. The minimum atomic E-state index is -0.558. The van der Waals surface area contributed by atoms with Crippen molar-refractivity contribution in [2.75, 3.05) is 4.90 Å². The zero-order valence-electron chi connectivity index (χ0n) is 15.0. The lowest BCUT2D eigenvalue weighted by Crippen LogP contribution is -2.37. The summed E-state index contributed by atoms with van der Waals surface area (Å²) in [7, 11) is 0. The van der Waals surface area contributed by atoms with Gasteiger partial charge in [0.1, 0.15) is 5.82 Å². The highest BCUT2D eigenvalue weighted by molar-refractivity contribution is 6.25. The Hall–Kier alpha value is -4.29. The fourth-order valence-electron chi connectivity index (χ4n) is 2.59. The van der Waals surface area contributed by atoms with Crippen LogP contribution in [-0.2, 0) is 0 Å². The van der Waals surface area contributed by atoms with Gasteiger partial charge >= 0.3 is 0 Å². The van der Waals surface area contributed by atoms with Gasteiger partial charge in [0.15, 0.2) is 0 Å². The third-order valence-electron chi connectivity index (χ3n) is 4.03. The zero-order chi connectivity index (χ0) is 20.1. The number of benzene rings is 2. The van der Waals surface area contributed by atoms with Gasteiger partial charge in [-0.2, -0.15) is 10.5 Å². The van der Waals surface area contributed by atoms with E-state index in [9.17, 15) is 9.59 Å². The van der Waals surface area contributed by atoms with E-state index in [0.717, 1.165) is 4.90 Å². The molecule has 0 atom stereocenters. The van der Waals surface area contributed by atoms with Gasteiger partial charge in [0, 0.05) is 16.8 Å². The van der Waals surface area contributed by atoms with Crippen molar-refractivity contribution in [3.05, 3.63) is 94.7 Å². The van der Waals surface area contributed by atoms with Gasteiger partial charge in [-0.1, -0.05) is 6.07 Å². The number of anilines is 1. The number of rotatable bonds is 3. The summed E-state index contributed by atoms with van der Waals surface area (Å²) in [6.07, 6.45) is 0. The molecule has 6 heteroatoms. The maximum absolute atomic E-state index is 13.1. The first-order valence-corrected chi connectivity index (χ1v) is 8.36. The molecule has 3 rings (SSSR count). The maximum Gasteiger partial charge on any atom is 0.266 e. The molecule has 3 aromatic rings. The number of imide groups is 1. The zero-order valence-corrected chi connectivity index (χ0v) is 15.0. The highest BCUT2D eigenvalue weighted by Gasteiger charge is 2.27. The summed E-state index contributed by atoms with van der Waals surface area (Å²) in [5.41, 5.74) is 1.99. The van der Waals surface area contributed by atoms with Crippen molar-refractivity contribution in [3.63, 3.8) is 0 Å². The minimum Gasteiger partial charge on any atom is -0.268 e. The molecule has 0 bridgehead atoms. The Balaban J connectivity index is 2.06. The summed E-state index contributed by atoms with van der Waals surface area (Å²) in [6.45, 7) is 1.76. The first kappa shape index (κ1) is 18.5. The summed E-state index contributed by atoms with van der Waals surface area (Å²) in [6, 6.07) is 21.1. The first-order chi connectivity index (χ1) is 13.5. The third-order valence-corrected chi connectivity index (χ3v) is 4.03. The van der Waals surface area contributed by atoms with Gasteiger partial charge in [-0.3, -0.25) is 9.59 Å². The van der Waals surface area contributed by atoms with Crippen molar-refractivity contribution in [3.8, 4) is 12.1 Å². The molecule has 0 fully saturated rings. The van der Waals surface area contributed by atoms with Gasteiger partial charge in [-0.15, -0.1) is 0 Å². The van der Waals surface area contributed by atoms with Crippen LogP contribution in [0.2, 0.25) is 0 Å². The maximum atomic E-state index is 13.1. The quantitative estimate of drug-likeness (QED) is 0.659. The van der Waals surface area contributed by atoms with Crippen molar-refractivity contribution in [1.82, 2.24) is 4.98 Å². The summed E-state index contributed by atoms with van der Waals surface area (Å²) in [5.74, 6) is -0.919. The van der Waals surface area contributed by atoms with E-state index in [-0.39, 0.29) is 16.9 Å². The largest absolute Gasteiger partial charge is 0.268 e. The van der Waals surface area contributed by atoms with Crippen LogP contribution in [0, 0.1) is 29.6 Å². The molecule has 0 N–H and O–H groups in total. The van der Waals surface area contributed by atoms with E-state index in [0.29, 0.717) is 16.8 Å². The molecule has 1 heterocycles. The standard InChI is InChI=1S/C22H14N4O2/c1-15-3-2-4-20(25-15)26(21(27)18-9-5-16(13-23)6-10-18)22(28)19-11-7-17(14-24)8-12-19/h2-12H,1H3. The predicted molar refractivity (Wildman–Crippen MR) is 102 cm³/mol. The molecule has 2 amide bonds. The van der Waals surface area contributed by atoms with Gasteiger partial charge in [0.25, 0.3) is 11.8 Å². The molecule has 0 aliphatic carbocycles. The van der Waals surface area contributed by atoms with Gasteiger partial charge < -0.3 is 0 Å². The second kappa shape index (κ2) is 7.94. The smallest absolute Gasteiger partial charge is 0.266 e. The number of carbonyl (C=O) groups is 2. The fourth-order valence-corrected chi connectivity index (χ4v) is 2.59. The van der Waals surface area contributed by atoms with Crippen LogP contribution in [0.15, 0.2) is 66.7 Å². The molecule has 0 spiro atoms. The number of carbonyl (C=O) groups excluding carboxylic acids is 2. The Kier molecular flexibility index (Phi) is 5.25. The summed E-state index contributed by atoms with van der Waals surface area (Å²) >= 11 is 0. The molecule has 1 aromatic heterocycles. The van der Waals surface area contributed by atoms with E-state index >= 15 is 0 Å². The van der Waals surface area contributed by atoms with E-state index in [1.54, 1.807) is 25.1 Å². The molecule has 0 saturated carbocycles. The molecule has 0 radical (unpaired) electrons.